The van der Waals surface area contributed by atoms with Crippen LogP contribution >= 0.6 is 0 Å². The third-order valence-corrected chi connectivity index (χ3v) is 9.10. The van der Waals surface area contributed by atoms with Crippen molar-refractivity contribution in [1.29, 1.82) is 0 Å². The number of hydrogen-bond donors (Lipinski definition) is 2. The molecular formula is C36H33N5O4. The van der Waals surface area contributed by atoms with Crippen molar-refractivity contribution in [2.24, 2.45) is 5.92 Å². The molecule has 0 saturated carbocycles. The largest absolute Gasteiger partial charge is 0.395 e. The Morgan fingerprint density at radius 3 is 2.51 bits per heavy atom. The Bertz CT molecular complexity index is 1960. The van der Waals surface area contributed by atoms with E-state index in [1.807, 2.05) is 98.1 Å². The third-order valence-electron chi connectivity index (χ3n) is 9.10. The SMILES string of the molecule is C[C@@H](/C=C/CCn1cc(C(CO)c2ccccc2)nn1)[C@]1(O)C(=O)N(C)c2ccc(N3C(=O)c4cccc5cccc3c45)cc21. The molecule has 2 amide bonds. The Morgan fingerprint density at radius 2 is 1.73 bits per heavy atom. The summed E-state index contributed by atoms with van der Waals surface area (Å²) in [5, 5.41) is 32.4. The normalized spacial score (nSPS) is 18.8. The van der Waals surface area contributed by atoms with E-state index in [2.05, 4.69) is 10.3 Å². The monoisotopic (exact) mass is 599 g/mol. The van der Waals surface area contributed by atoms with E-state index in [1.54, 1.807) is 28.8 Å². The highest BCUT2D eigenvalue weighted by Gasteiger charge is 2.51. The predicted molar refractivity (Wildman–Crippen MR) is 172 cm³/mol. The quantitative estimate of drug-likeness (QED) is 0.223. The molecule has 2 aliphatic rings. The number of hydrogen-bond acceptors (Lipinski definition) is 6. The zero-order valence-corrected chi connectivity index (χ0v) is 25.0. The summed E-state index contributed by atoms with van der Waals surface area (Å²) in [5.41, 5.74) is 2.96. The van der Waals surface area contributed by atoms with Crippen molar-refractivity contribution in [1.82, 2.24) is 15.0 Å². The Kier molecular flexibility index (Phi) is 7.07. The highest BCUT2D eigenvalue weighted by molar-refractivity contribution is 6.28. The van der Waals surface area contributed by atoms with E-state index in [0.717, 1.165) is 22.0 Å². The van der Waals surface area contributed by atoms with Gasteiger partial charge in [-0.15, -0.1) is 5.10 Å². The molecule has 1 unspecified atom stereocenters. The first-order chi connectivity index (χ1) is 21.8. The molecule has 5 aromatic rings. The number of carbonyl (C=O) groups excluding carboxylic acids is 2. The molecule has 0 radical (unpaired) electrons. The van der Waals surface area contributed by atoms with Gasteiger partial charge in [0.05, 0.1) is 35.2 Å². The fraction of sp³-hybridized carbons (Fsp3) is 0.222. The third kappa shape index (κ3) is 4.54. The summed E-state index contributed by atoms with van der Waals surface area (Å²) in [6, 6.07) is 26.6. The minimum atomic E-state index is -1.80. The summed E-state index contributed by atoms with van der Waals surface area (Å²) >= 11 is 0. The summed E-state index contributed by atoms with van der Waals surface area (Å²) in [6.45, 7) is 2.29. The molecule has 0 fully saturated rings. The molecule has 226 valence electrons. The molecule has 2 N–H and O–H groups in total. The molecule has 9 nitrogen and oxygen atoms in total. The van der Waals surface area contributed by atoms with Crippen molar-refractivity contribution in [2.75, 3.05) is 23.5 Å². The summed E-state index contributed by atoms with van der Waals surface area (Å²) in [5.74, 6) is -1.36. The maximum absolute atomic E-state index is 13.6. The Morgan fingerprint density at radius 1 is 0.956 bits per heavy atom. The molecule has 7 rings (SSSR count). The molecule has 9 heteroatoms. The van der Waals surface area contributed by atoms with Gasteiger partial charge in [-0.05, 0) is 47.7 Å². The number of aromatic nitrogens is 3. The second-order valence-electron chi connectivity index (χ2n) is 11.7. The number of rotatable bonds is 9. The highest BCUT2D eigenvalue weighted by Crippen LogP contribution is 2.48. The Hall–Kier alpha value is -5.12. The van der Waals surface area contributed by atoms with E-state index in [4.69, 9.17) is 0 Å². The van der Waals surface area contributed by atoms with E-state index in [1.165, 1.54) is 4.90 Å². The van der Waals surface area contributed by atoms with Crippen LogP contribution in [0.3, 0.4) is 0 Å². The fourth-order valence-corrected chi connectivity index (χ4v) is 6.64. The van der Waals surface area contributed by atoms with Crippen LogP contribution in [0.4, 0.5) is 17.1 Å². The molecule has 0 saturated heterocycles. The van der Waals surface area contributed by atoms with Crippen LogP contribution in [-0.4, -0.2) is 50.7 Å². The molecule has 3 heterocycles. The first-order valence-electron chi connectivity index (χ1n) is 15.1. The van der Waals surface area contributed by atoms with Gasteiger partial charge in [0.25, 0.3) is 11.8 Å². The number of aryl methyl sites for hydroxylation is 1. The van der Waals surface area contributed by atoms with Gasteiger partial charge in [-0.25, -0.2) is 0 Å². The molecule has 4 aromatic carbocycles. The number of allylic oxidation sites excluding steroid dienone is 1. The first kappa shape index (κ1) is 28.6. The highest BCUT2D eigenvalue weighted by atomic mass is 16.3. The standard InChI is InChI=1S/C36H33N5O4/c1-23(10-6-7-19-40-21-30(37-38-40)28(22-42)24-11-4-3-5-12-24)36(45)29-20-26(17-18-31(29)39(2)35(36)44)41-32-16-9-14-25-13-8-15-27(33(25)32)34(41)43/h3-6,8-18,20-21,23,28,42,45H,7,19,22H2,1-2H3/b10-6+/t23-,28?,36+/m0/s1. The van der Waals surface area contributed by atoms with Crippen LogP contribution in [0.25, 0.3) is 10.8 Å². The van der Waals surface area contributed by atoms with Crippen LogP contribution in [-0.2, 0) is 16.9 Å². The van der Waals surface area contributed by atoms with Gasteiger partial charge in [-0.1, -0.05) is 78.9 Å². The van der Waals surface area contributed by atoms with Gasteiger partial charge in [0.2, 0.25) is 0 Å². The second kappa shape index (κ2) is 11.1. The maximum atomic E-state index is 13.6. The Labute approximate surface area is 260 Å². The van der Waals surface area contributed by atoms with Crippen molar-refractivity contribution in [3.05, 3.63) is 126 Å². The minimum Gasteiger partial charge on any atom is -0.395 e. The number of anilines is 3. The van der Waals surface area contributed by atoms with Crippen LogP contribution in [0, 0.1) is 5.92 Å². The molecule has 0 aliphatic carbocycles. The van der Waals surface area contributed by atoms with Gasteiger partial charge < -0.3 is 15.1 Å². The van der Waals surface area contributed by atoms with Crippen LogP contribution in [0.1, 0.15) is 46.4 Å². The lowest BCUT2D eigenvalue weighted by Crippen LogP contribution is -2.43. The van der Waals surface area contributed by atoms with Gasteiger partial charge >= 0.3 is 0 Å². The molecule has 3 atom stereocenters. The zero-order chi connectivity index (χ0) is 31.3. The average Bonchev–Trinajstić information content (AvgIpc) is 3.70. The number of likely N-dealkylation sites (N-methyl/N-ethyl adjacent to an activating group) is 1. The number of fused-ring (bicyclic) bond motifs is 1. The number of amides is 2. The van der Waals surface area contributed by atoms with Gasteiger partial charge in [-0.2, -0.15) is 0 Å². The zero-order valence-electron chi connectivity index (χ0n) is 25.0. The summed E-state index contributed by atoms with van der Waals surface area (Å²) in [7, 11) is 1.66. The van der Waals surface area contributed by atoms with Crippen molar-refractivity contribution >= 4 is 39.6 Å². The molecule has 2 aliphatic heterocycles. The van der Waals surface area contributed by atoms with Crippen LogP contribution < -0.4 is 9.80 Å². The molecule has 0 spiro atoms. The van der Waals surface area contributed by atoms with E-state index >= 15 is 0 Å². The topological polar surface area (TPSA) is 112 Å². The number of nitrogens with zero attached hydrogens (tertiary/aromatic N) is 5. The fourth-order valence-electron chi connectivity index (χ4n) is 6.64. The lowest BCUT2D eigenvalue weighted by atomic mass is 9.82. The first-order valence-corrected chi connectivity index (χ1v) is 15.1. The second-order valence-corrected chi connectivity index (χ2v) is 11.7. The van der Waals surface area contributed by atoms with Gasteiger partial charge in [0.1, 0.15) is 0 Å². The van der Waals surface area contributed by atoms with Crippen LogP contribution in [0.2, 0.25) is 0 Å². The molecule has 0 bridgehead atoms. The maximum Gasteiger partial charge on any atom is 0.264 e. The number of aliphatic hydroxyl groups excluding tert-OH is 1. The lowest BCUT2D eigenvalue weighted by molar-refractivity contribution is -0.139. The van der Waals surface area contributed by atoms with Crippen LogP contribution in [0.5, 0.6) is 0 Å². The molecule has 1 aromatic heterocycles. The Balaban J connectivity index is 1.11. The number of aliphatic hydroxyl groups is 2. The van der Waals surface area contributed by atoms with Gasteiger partial charge in [0.15, 0.2) is 5.60 Å². The number of carbonyl (C=O) groups is 2. The minimum absolute atomic E-state index is 0.0705. The van der Waals surface area contributed by atoms with E-state index in [-0.39, 0.29) is 18.4 Å². The van der Waals surface area contributed by atoms with E-state index in [0.29, 0.717) is 41.2 Å². The van der Waals surface area contributed by atoms with Gasteiger partial charge in [0, 0.05) is 42.3 Å². The van der Waals surface area contributed by atoms with Crippen molar-refractivity contribution in [3.8, 4) is 0 Å². The van der Waals surface area contributed by atoms with E-state index in [9.17, 15) is 19.8 Å². The predicted octanol–water partition coefficient (Wildman–Crippen LogP) is 5.29. The molecule has 45 heavy (non-hydrogen) atoms. The smallest absolute Gasteiger partial charge is 0.264 e. The lowest BCUT2D eigenvalue weighted by Gasteiger charge is -2.27. The van der Waals surface area contributed by atoms with Crippen molar-refractivity contribution < 1.29 is 19.8 Å². The van der Waals surface area contributed by atoms with Crippen molar-refractivity contribution in [3.63, 3.8) is 0 Å². The van der Waals surface area contributed by atoms with E-state index < -0.39 is 17.4 Å². The number of benzene rings is 4. The summed E-state index contributed by atoms with van der Waals surface area (Å²) < 4.78 is 1.73. The van der Waals surface area contributed by atoms with Gasteiger partial charge in [-0.3, -0.25) is 19.2 Å². The van der Waals surface area contributed by atoms with Crippen LogP contribution in [0.15, 0.2) is 103 Å². The van der Waals surface area contributed by atoms with Crippen molar-refractivity contribution in [2.45, 2.75) is 31.4 Å². The average molecular weight is 600 g/mol. The summed E-state index contributed by atoms with van der Waals surface area (Å²) in [6.07, 6.45) is 6.22. The summed E-state index contributed by atoms with van der Waals surface area (Å²) in [4.78, 5) is 30.3. The molecular weight excluding hydrogens is 566 g/mol.